The van der Waals surface area contributed by atoms with E-state index in [1.807, 2.05) is 81.8 Å². The number of aromatic amines is 1. The zero-order chi connectivity index (χ0) is 88.3. The van der Waals surface area contributed by atoms with Crippen LogP contribution in [-0.2, 0) is 46.8 Å². The third kappa shape index (κ3) is 24.5. The number of benzene rings is 6. The van der Waals surface area contributed by atoms with E-state index in [0.29, 0.717) is 46.9 Å². The number of esters is 1. The fourth-order valence-electron chi connectivity index (χ4n) is 12.8. The van der Waals surface area contributed by atoms with Crippen LogP contribution in [0.5, 0.6) is 0 Å². The molecule has 0 aliphatic rings. The molecule has 122 heavy (non-hydrogen) atoms. The molecule has 0 saturated heterocycles. The summed E-state index contributed by atoms with van der Waals surface area (Å²) in [7, 11) is 1.36. The van der Waals surface area contributed by atoms with Gasteiger partial charge in [0, 0.05) is 114 Å². The van der Waals surface area contributed by atoms with E-state index in [1.165, 1.54) is 68.1 Å². The number of rotatable bonds is 13. The van der Waals surface area contributed by atoms with Crippen molar-refractivity contribution < 1.29 is 50.4 Å². The summed E-state index contributed by atoms with van der Waals surface area (Å²) in [6.45, 7) is 50.9. The van der Waals surface area contributed by atoms with E-state index in [-0.39, 0.29) is 54.5 Å². The van der Waals surface area contributed by atoms with Crippen molar-refractivity contribution in [3.8, 4) is 34.2 Å². The Kier molecular flexibility index (Phi) is 30.7. The molecule has 636 valence electrons. The number of nitrogens with one attached hydrogen (secondary N) is 1. The zero-order valence-corrected chi connectivity index (χ0v) is 77.6. The van der Waals surface area contributed by atoms with Crippen LogP contribution in [0, 0.1) is 5.41 Å². The summed E-state index contributed by atoms with van der Waals surface area (Å²) in [5, 5.41) is 56.9. The van der Waals surface area contributed by atoms with E-state index < -0.39 is 17.4 Å². The first kappa shape index (κ1) is 94.1. The maximum absolute atomic E-state index is 12.0. The van der Waals surface area contributed by atoms with Crippen LogP contribution in [0.25, 0.3) is 105 Å². The number of aromatic carboxylic acids is 1. The number of hydrogen-bond donors (Lipinski definition) is 3. The fourth-order valence-corrected chi connectivity index (χ4v) is 12.8. The molecule has 0 amide bonds. The predicted octanol–water partition coefficient (Wildman–Crippen LogP) is 25.5. The molecule has 3 N–H and O–H groups in total. The third-order valence-corrected chi connectivity index (χ3v) is 21.1. The number of fused-ring (bicyclic) bond motifs is 6. The van der Waals surface area contributed by atoms with Crippen LogP contribution in [0.15, 0.2) is 207 Å². The number of aromatic nitrogens is 12. The molecule has 18 nitrogen and oxygen atoms in total. The molecule has 0 spiro atoms. The van der Waals surface area contributed by atoms with Gasteiger partial charge in [-0.1, -0.05) is 299 Å². The van der Waals surface area contributed by atoms with Crippen molar-refractivity contribution in [2.45, 2.75) is 218 Å². The van der Waals surface area contributed by atoms with Gasteiger partial charge < -0.3 is 35.3 Å². The quantitative estimate of drug-likeness (QED) is 0.0550. The third-order valence-electron chi connectivity index (χ3n) is 21.1. The number of nitrogens with zero attached hydrogens (tertiary/aromatic N) is 11. The molecule has 9 heterocycles. The number of carboxylic acid groups (broad SMARTS) is 1. The van der Waals surface area contributed by atoms with E-state index in [4.69, 9.17) is 5.11 Å². The molecule has 0 unspecified atom stereocenters. The molecule has 0 fully saturated rings. The van der Waals surface area contributed by atoms with Gasteiger partial charge in [-0.05, 0) is 144 Å². The average molecular weight is 1820 g/mol. The summed E-state index contributed by atoms with van der Waals surface area (Å²) in [5.41, 5.74) is 16.6. The second-order valence-corrected chi connectivity index (χ2v) is 37.1. The van der Waals surface area contributed by atoms with Crippen molar-refractivity contribution in [1.29, 1.82) is 0 Å². The van der Waals surface area contributed by atoms with Crippen LogP contribution in [0.4, 0.5) is 0 Å². The van der Waals surface area contributed by atoms with Crippen molar-refractivity contribution in [3.05, 3.63) is 275 Å². The molecule has 19 heteroatoms. The predicted molar refractivity (Wildman–Crippen MR) is 495 cm³/mol. The first-order chi connectivity index (χ1) is 56.9. The molecule has 0 bridgehead atoms. The molecular formula is C103H118N12O6Pt. The number of methoxy groups -OCH3 is 1. The Morgan fingerprint density at radius 3 is 0.943 bits per heavy atom. The number of carboxylic acids is 1. The van der Waals surface area contributed by atoms with Gasteiger partial charge in [0.05, 0.1) is 24.2 Å². The topological polar surface area (TPSA) is 261 Å². The first-order valence-corrected chi connectivity index (χ1v) is 41.6. The summed E-state index contributed by atoms with van der Waals surface area (Å²) in [6.07, 6.45) is 12.1. The Morgan fingerprint density at radius 2 is 0.648 bits per heavy atom. The molecule has 15 aromatic rings. The van der Waals surface area contributed by atoms with Gasteiger partial charge in [0.25, 0.3) is 0 Å². The van der Waals surface area contributed by atoms with Crippen LogP contribution in [0.2, 0.25) is 0 Å². The van der Waals surface area contributed by atoms with Gasteiger partial charge in [-0.15, -0.1) is 0 Å². The van der Waals surface area contributed by atoms with Gasteiger partial charge >= 0.3 is 33.0 Å². The number of ketones is 1. The summed E-state index contributed by atoms with van der Waals surface area (Å²) in [4.78, 5) is 60.0. The minimum atomic E-state index is -0.989. The van der Waals surface area contributed by atoms with Gasteiger partial charge in [-0.3, -0.25) is 29.8 Å². The van der Waals surface area contributed by atoms with Gasteiger partial charge in [0.1, 0.15) is 28.5 Å². The minimum Gasteiger partial charge on any atom is -0.573 e. The molecule has 0 saturated carbocycles. The van der Waals surface area contributed by atoms with Crippen molar-refractivity contribution in [1.82, 2.24) is 60.5 Å². The van der Waals surface area contributed by atoms with Crippen molar-refractivity contribution >= 4 is 88.1 Å². The maximum Gasteiger partial charge on any atom is 2.00 e. The Morgan fingerprint density at radius 1 is 0.352 bits per heavy atom. The number of H-pyrrole nitrogens is 1. The number of pyridine rings is 6. The Labute approximate surface area is 733 Å². The van der Waals surface area contributed by atoms with Crippen molar-refractivity contribution in [3.63, 3.8) is 0 Å². The van der Waals surface area contributed by atoms with Crippen LogP contribution in [-0.4, -0.2) is 85.3 Å². The number of ether oxygens (including phenoxy) is 1. The molecular weight excluding hydrogens is 1700 g/mol. The number of allylic oxidation sites excluding steroid dienone is 1. The second kappa shape index (κ2) is 39.8. The minimum absolute atomic E-state index is 0. The molecule has 0 atom stereocenters. The van der Waals surface area contributed by atoms with E-state index in [0.717, 1.165) is 94.3 Å². The molecule has 9 aromatic heterocycles. The Hall–Kier alpha value is -11.8. The fraction of sp³-hybridized carbons (Fsp3) is 0.340. The molecule has 6 aromatic carbocycles. The summed E-state index contributed by atoms with van der Waals surface area (Å²) in [5.74, 6) is 1.31. The van der Waals surface area contributed by atoms with E-state index >= 15 is 0 Å². The summed E-state index contributed by atoms with van der Waals surface area (Å²) < 4.78 is 4.66. The van der Waals surface area contributed by atoms with Crippen LogP contribution >= 0.6 is 0 Å². The molecule has 0 aliphatic carbocycles. The van der Waals surface area contributed by atoms with Crippen LogP contribution in [0.1, 0.15) is 279 Å². The van der Waals surface area contributed by atoms with Crippen LogP contribution in [0.3, 0.4) is 0 Å². The van der Waals surface area contributed by atoms with Gasteiger partial charge in [0.15, 0.2) is 5.78 Å². The SMILES string of the molecule is CC(C)c1ccc2cnc(-c3cc(C(C)(C)C)[nH]n3)cc2c1.CC(C)c1ccc2cnc(-c3cc(C(C)(C)C)n[n-]3)cc2c1.CC(C)c1ccc2cnc(-c3cc(C(C)(C)C)n[n-]3)cc2c1.CC(C)c1ccc2cnc(C(=O)O)cc2c1.CC(C)c1ccc2cnc(C(O)=CC(=O)C(C)(C)C)cc2c1.COC(=O)c1cc2cc(C(C)C)ccc2cn1.[Pt+2]. The molecule has 0 radical (unpaired) electrons. The maximum atomic E-state index is 12.0. The second-order valence-electron chi connectivity index (χ2n) is 37.1. The Bertz CT molecular complexity index is 5880. The monoisotopic (exact) mass is 1810 g/mol. The summed E-state index contributed by atoms with van der Waals surface area (Å²) >= 11 is 0. The Balaban J connectivity index is 0.000000167. The van der Waals surface area contributed by atoms with E-state index in [1.54, 1.807) is 30.7 Å². The van der Waals surface area contributed by atoms with Crippen molar-refractivity contribution in [2.75, 3.05) is 7.11 Å². The standard InChI is InChI=1S/C19H23N3.2C19H22N3.C19H23NO2.C14H15NO2.C13H13NO2.Pt/c3*1-12(2)13-6-7-14-11-20-16(9-15(14)8-13)17-10-18(22-21-17)19(3,4)5;1-12(2)13-6-7-14-11-20-16(9-15(14)8-13)17(21)10-18(22)19(3,4)5;1-9(2)10-4-5-11-8-15-13(14(16)17-3)7-12(11)6-10;1-8(2)9-3-4-10-7-14-12(13(15)16)6-11(10)5-9;/h6-12H,1-5H3,(H,21,22);2*6-12H,1-5H3;6-12,21H,1-5H3;4-9H,1-3H3;3-8H,1-2H3,(H,15,16);/q;2*-1;;;;+2. The molecule has 15 rings (SSSR count). The van der Waals surface area contributed by atoms with Gasteiger partial charge in [0.2, 0.25) is 0 Å². The normalized spacial score (nSPS) is 11.9. The first-order valence-electron chi connectivity index (χ1n) is 41.6. The van der Waals surface area contributed by atoms with Gasteiger partial charge in [-0.25, -0.2) is 19.6 Å². The van der Waals surface area contributed by atoms with Gasteiger partial charge in [-0.2, -0.15) is 5.10 Å². The average Bonchev–Trinajstić information content (AvgIpc) is 1.74. The largest absolute Gasteiger partial charge is 2.00 e. The number of carbonyl (C=O) groups excluding carboxylic acids is 2. The number of carbonyl (C=O) groups is 3. The van der Waals surface area contributed by atoms with E-state index in [9.17, 15) is 19.5 Å². The van der Waals surface area contributed by atoms with Crippen molar-refractivity contribution in [2.24, 2.45) is 5.41 Å². The smallest absolute Gasteiger partial charge is 0.573 e. The zero-order valence-electron chi connectivity index (χ0n) is 75.4. The van der Waals surface area contributed by atoms with Crippen LogP contribution < -0.4 is 10.2 Å². The van der Waals surface area contributed by atoms with E-state index in [2.05, 4.69) is 320 Å². The molecule has 0 aliphatic heterocycles. The number of aliphatic hydroxyl groups is 1. The summed E-state index contributed by atoms with van der Waals surface area (Å²) in [6, 6.07) is 55.9. The number of aliphatic hydroxyl groups excluding tert-OH is 1. The number of hydrogen-bond acceptors (Lipinski definition) is 14.